The molecular formula is C30H38F3N7O4S. The third kappa shape index (κ3) is 6.19. The van der Waals surface area contributed by atoms with Crippen molar-refractivity contribution in [3.63, 3.8) is 0 Å². The SMILES string of the molecule is CC1(C)CC2CN1c1nc(N3CCC(CCCC4(C(F)(F)F)CC4)C3=O)ccc1C(=O)NS(=O)(=O)c1ccn(n1)CCCC=N2. The Morgan fingerprint density at radius 3 is 2.62 bits per heavy atom. The lowest BCUT2D eigenvalue weighted by Gasteiger charge is -2.34. The molecule has 6 rings (SSSR count). The molecule has 2 aromatic rings. The van der Waals surface area contributed by atoms with Gasteiger partial charge in [0.2, 0.25) is 5.91 Å². The average molecular weight is 650 g/mol. The molecule has 1 saturated carbocycles. The van der Waals surface area contributed by atoms with Gasteiger partial charge in [-0.1, -0.05) is 6.42 Å². The molecule has 2 atom stereocenters. The van der Waals surface area contributed by atoms with Crippen LogP contribution >= 0.6 is 0 Å². The summed E-state index contributed by atoms with van der Waals surface area (Å²) >= 11 is 0. The first kappa shape index (κ1) is 31.5. The molecule has 11 nitrogen and oxygen atoms in total. The van der Waals surface area contributed by atoms with Gasteiger partial charge in [-0.3, -0.25) is 24.2 Å². The van der Waals surface area contributed by atoms with Crippen molar-refractivity contribution < 1.29 is 31.2 Å². The molecular weight excluding hydrogens is 611 g/mol. The number of alkyl halides is 3. The molecule has 4 aliphatic rings. The van der Waals surface area contributed by atoms with Crippen LogP contribution < -0.4 is 14.5 Å². The number of aryl methyl sites for hydroxylation is 1. The van der Waals surface area contributed by atoms with E-state index < -0.39 is 39.0 Å². The average Bonchev–Trinajstić information content (AvgIpc) is 3.29. The molecule has 2 saturated heterocycles. The summed E-state index contributed by atoms with van der Waals surface area (Å²) in [5.41, 5.74) is -2.06. The van der Waals surface area contributed by atoms with Gasteiger partial charge in [0.1, 0.15) is 11.6 Å². The molecule has 4 bridgehead atoms. The number of amides is 2. The van der Waals surface area contributed by atoms with Crippen LogP contribution in [0.3, 0.4) is 0 Å². The Hall–Kier alpha value is -3.49. The highest BCUT2D eigenvalue weighted by molar-refractivity contribution is 7.90. The second-order valence-corrected chi connectivity index (χ2v) is 14.9. The van der Waals surface area contributed by atoms with Gasteiger partial charge < -0.3 is 4.90 Å². The summed E-state index contributed by atoms with van der Waals surface area (Å²) in [6.07, 6.45) is 2.78. The van der Waals surface area contributed by atoms with E-state index in [0.29, 0.717) is 64.0 Å². The first-order chi connectivity index (χ1) is 21.2. The molecule has 5 heterocycles. The normalized spacial score (nSPS) is 25.7. The number of pyridine rings is 1. The first-order valence-corrected chi connectivity index (χ1v) is 17.0. The number of nitrogens with one attached hydrogen (secondary N) is 1. The van der Waals surface area contributed by atoms with Gasteiger partial charge in [-0.15, -0.1) is 0 Å². The van der Waals surface area contributed by atoms with Gasteiger partial charge in [0.05, 0.1) is 17.0 Å². The standard InChI is InChI=1S/C30H38F3N7O4S/c1-28(2)18-21-19-40(28)25-22(26(41)37-45(43,44)24-10-16-38(36-24)15-4-3-14-34-21)7-8-23(35-25)39-17-9-20(27(39)42)6-5-11-29(12-13-29)30(31,32)33/h7-8,10,14,16,20-21H,3-6,9,11-13,15,17-19H2,1-2H3,(H,37,41). The van der Waals surface area contributed by atoms with Crippen molar-refractivity contribution in [1.29, 1.82) is 0 Å². The van der Waals surface area contributed by atoms with Gasteiger partial charge in [0.25, 0.3) is 15.9 Å². The van der Waals surface area contributed by atoms with Crippen LogP contribution in [-0.2, 0) is 21.4 Å². The van der Waals surface area contributed by atoms with E-state index in [0.717, 1.165) is 0 Å². The zero-order valence-corrected chi connectivity index (χ0v) is 26.2. The van der Waals surface area contributed by atoms with Crippen molar-refractivity contribution in [2.45, 2.75) is 101 Å². The molecule has 2 aromatic heterocycles. The van der Waals surface area contributed by atoms with Gasteiger partial charge in [0.15, 0.2) is 5.03 Å². The van der Waals surface area contributed by atoms with E-state index in [1.54, 1.807) is 6.20 Å². The molecule has 2 unspecified atom stereocenters. The van der Waals surface area contributed by atoms with Crippen LogP contribution in [0.2, 0.25) is 0 Å². The van der Waals surface area contributed by atoms with E-state index in [-0.39, 0.29) is 47.6 Å². The lowest BCUT2D eigenvalue weighted by molar-refractivity contribution is -0.189. The Morgan fingerprint density at radius 1 is 1.11 bits per heavy atom. The molecule has 1 aliphatic carbocycles. The molecule has 2 amide bonds. The van der Waals surface area contributed by atoms with Crippen LogP contribution in [0.5, 0.6) is 0 Å². The number of hydrogen-bond acceptors (Lipinski definition) is 8. The second-order valence-electron chi connectivity index (χ2n) is 13.3. The van der Waals surface area contributed by atoms with Crippen LogP contribution in [0.15, 0.2) is 34.4 Å². The number of fused-ring (bicyclic) bond motifs is 6. The summed E-state index contributed by atoms with van der Waals surface area (Å²) in [7, 11) is -4.28. The molecule has 1 N–H and O–H groups in total. The predicted octanol–water partition coefficient (Wildman–Crippen LogP) is 4.48. The molecule has 0 radical (unpaired) electrons. The van der Waals surface area contributed by atoms with E-state index in [1.165, 1.54) is 27.8 Å². The Morgan fingerprint density at radius 2 is 1.89 bits per heavy atom. The van der Waals surface area contributed by atoms with Crippen molar-refractivity contribution in [3.8, 4) is 0 Å². The maximum absolute atomic E-state index is 13.6. The van der Waals surface area contributed by atoms with Crippen LogP contribution in [0.1, 0.15) is 82.0 Å². The number of aliphatic imine (C=N–C) groups is 1. The number of halogens is 3. The molecule has 45 heavy (non-hydrogen) atoms. The molecule has 15 heteroatoms. The summed E-state index contributed by atoms with van der Waals surface area (Å²) < 4.78 is 70.0. The number of hydrogen-bond donors (Lipinski definition) is 1. The minimum absolute atomic E-state index is 0.0247. The lowest BCUT2D eigenvalue weighted by Crippen LogP contribution is -2.41. The number of aromatic nitrogens is 3. The number of anilines is 2. The zero-order valence-electron chi connectivity index (χ0n) is 25.4. The Balaban J connectivity index is 1.28. The monoisotopic (exact) mass is 649 g/mol. The minimum atomic E-state index is -4.28. The van der Waals surface area contributed by atoms with E-state index in [9.17, 15) is 31.2 Å². The summed E-state index contributed by atoms with van der Waals surface area (Å²) in [4.78, 5) is 40.0. The van der Waals surface area contributed by atoms with Crippen molar-refractivity contribution in [2.75, 3.05) is 22.9 Å². The highest BCUT2D eigenvalue weighted by atomic mass is 32.2. The Bertz CT molecular complexity index is 1620. The third-order valence-electron chi connectivity index (χ3n) is 9.63. The van der Waals surface area contributed by atoms with Crippen LogP contribution in [0, 0.1) is 11.3 Å². The summed E-state index contributed by atoms with van der Waals surface area (Å²) in [6, 6.07) is 4.23. The number of carbonyl (C=O) groups is 2. The van der Waals surface area contributed by atoms with Gasteiger partial charge in [0, 0.05) is 37.3 Å². The van der Waals surface area contributed by atoms with E-state index in [1.807, 2.05) is 25.0 Å². The molecule has 244 valence electrons. The second kappa shape index (κ2) is 11.4. The molecule has 0 aromatic carbocycles. The quantitative estimate of drug-likeness (QED) is 0.506. The van der Waals surface area contributed by atoms with Crippen molar-refractivity contribution in [3.05, 3.63) is 30.0 Å². The fraction of sp³-hybridized carbons (Fsp3) is 0.633. The Kier molecular flexibility index (Phi) is 7.97. The van der Waals surface area contributed by atoms with Gasteiger partial charge in [-0.25, -0.2) is 9.71 Å². The van der Waals surface area contributed by atoms with E-state index >= 15 is 0 Å². The highest BCUT2D eigenvalue weighted by Gasteiger charge is 2.62. The van der Waals surface area contributed by atoms with Crippen molar-refractivity contribution in [2.24, 2.45) is 16.3 Å². The fourth-order valence-corrected chi connectivity index (χ4v) is 7.72. The third-order valence-corrected chi connectivity index (χ3v) is 10.9. The largest absolute Gasteiger partial charge is 0.394 e. The summed E-state index contributed by atoms with van der Waals surface area (Å²) in [6.45, 7) is 5.28. The van der Waals surface area contributed by atoms with E-state index in [2.05, 4.69) is 9.82 Å². The first-order valence-electron chi connectivity index (χ1n) is 15.5. The number of nitrogens with zero attached hydrogens (tertiary/aromatic N) is 6. The number of carbonyl (C=O) groups excluding carboxylic acids is 2. The summed E-state index contributed by atoms with van der Waals surface area (Å²) in [5.74, 6) is -0.955. The van der Waals surface area contributed by atoms with Crippen LogP contribution in [0.4, 0.5) is 24.8 Å². The topological polar surface area (TPSA) is 130 Å². The molecule has 3 fully saturated rings. The smallest absolute Gasteiger partial charge is 0.349 e. The maximum Gasteiger partial charge on any atom is 0.394 e. The highest BCUT2D eigenvalue weighted by Crippen LogP contribution is 2.60. The van der Waals surface area contributed by atoms with Gasteiger partial charge >= 0.3 is 6.18 Å². The van der Waals surface area contributed by atoms with Crippen LogP contribution in [0.25, 0.3) is 0 Å². The van der Waals surface area contributed by atoms with Crippen LogP contribution in [-0.4, -0.2) is 72.1 Å². The molecule has 0 spiro atoms. The van der Waals surface area contributed by atoms with Gasteiger partial charge in [-0.2, -0.15) is 26.7 Å². The predicted molar refractivity (Wildman–Crippen MR) is 161 cm³/mol. The fourth-order valence-electron chi connectivity index (χ4n) is 6.81. The zero-order chi connectivity index (χ0) is 32.2. The number of rotatable bonds is 5. The Labute approximate surface area is 260 Å². The maximum atomic E-state index is 13.6. The lowest BCUT2D eigenvalue weighted by atomic mass is 9.93. The van der Waals surface area contributed by atoms with Gasteiger partial charge in [-0.05, 0) is 89.6 Å². The molecule has 3 aliphatic heterocycles. The minimum Gasteiger partial charge on any atom is -0.349 e. The van der Waals surface area contributed by atoms with E-state index in [4.69, 9.17) is 9.98 Å². The van der Waals surface area contributed by atoms with Crippen molar-refractivity contribution in [1.82, 2.24) is 19.5 Å². The van der Waals surface area contributed by atoms with Crippen molar-refractivity contribution >= 4 is 39.7 Å². The number of sulfonamides is 1. The summed E-state index contributed by atoms with van der Waals surface area (Å²) in [5, 5.41) is 3.85.